The fourth-order valence-corrected chi connectivity index (χ4v) is 3.96. The van der Waals surface area contributed by atoms with Crippen LogP contribution in [0.2, 0.25) is 10.0 Å². The fourth-order valence-electron chi connectivity index (χ4n) is 2.63. The molecule has 0 atom stereocenters. The highest BCUT2D eigenvalue weighted by Gasteiger charge is 2.17. The van der Waals surface area contributed by atoms with Crippen LogP contribution in [0, 0.1) is 11.6 Å². The smallest absolute Gasteiger partial charge is 0.257 e. The summed E-state index contributed by atoms with van der Waals surface area (Å²) in [5.74, 6) is -3.01. The van der Waals surface area contributed by atoms with E-state index in [4.69, 9.17) is 23.2 Å². The van der Waals surface area contributed by atoms with Gasteiger partial charge in [0.2, 0.25) is 5.16 Å². The molecule has 1 amide bonds. The molecule has 1 aromatic heterocycles. The van der Waals surface area contributed by atoms with Gasteiger partial charge in [-0.1, -0.05) is 41.4 Å². The molecule has 11 heteroatoms. The number of carbonyl (C=O) groups excluding carboxylic acids is 1. The van der Waals surface area contributed by atoms with Gasteiger partial charge < -0.3 is 5.32 Å². The van der Waals surface area contributed by atoms with Gasteiger partial charge in [-0.05, 0) is 64.7 Å². The molecular weight excluding hydrogens is 467 g/mol. The van der Waals surface area contributed by atoms with Gasteiger partial charge in [0.1, 0.15) is 0 Å². The number of nitrogens with one attached hydrogen (secondary N) is 1. The Morgan fingerprint density at radius 1 is 0.968 bits per heavy atom. The topological polar surface area (TPSA) is 72.7 Å². The molecule has 0 saturated carbocycles. The van der Waals surface area contributed by atoms with Crippen molar-refractivity contribution < 1.29 is 13.6 Å². The summed E-state index contributed by atoms with van der Waals surface area (Å²) in [4.78, 5) is 13.0. The Balaban J connectivity index is 1.53. The third kappa shape index (κ3) is 4.68. The zero-order valence-electron chi connectivity index (χ0n) is 15.4. The molecule has 1 N–H and O–H groups in total. The van der Waals surface area contributed by atoms with Crippen LogP contribution < -0.4 is 5.32 Å². The van der Waals surface area contributed by atoms with Crippen molar-refractivity contribution >= 4 is 46.6 Å². The van der Waals surface area contributed by atoms with Crippen molar-refractivity contribution in [3.63, 3.8) is 0 Å². The van der Waals surface area contributed by atoms with Gasteiger partial charge in [-0.25, -0.2) is 8.78 Å². The first kappa shape index (κ1) is 21.2. The van der Waals surface area contributed by atoms with Gasteiger partial charge >= 0.3 is 0 Å². The first-order valence-corrected chi connectivity index (χ1v) is 10.3. The van der Waals surface area contributed by atoms with E-state index in [1.165, 1.54) is 17.8 Å². The number of tetrazole rings is 1. The van der Waals surface area contributed by atoms with Crippen molar-refractivity contribution in [2.24, 2.45) is 0 Å². The first-order valence-electron chi connectivity index (χ1n) is 8.69. The number of para-hydroxylation sites is 1. The molecule has 0 aliphatic heterocycles. The summed E-state index contributed by atoms with van der Waals surface area (Å²) in [7, 11) is 0. The van der Waals surface area contributed by atoms with Crippen molar-refractivity contribution in [2.75, 3.05) is 5.32 Å². The van der Waals surface area contributed by atoms with Crippen LogP contribution in [0.5, 0.6) is 0 Å². The summed E-state index contributed by atoms with van der Waals surface area (Å²) >= 11 is 13.5. The number of anilines is 1. The zero-order chi connectivity index (χ0) is 22.0. The summed E-state index contributed by atoms with van der Waals surface area (Å²) < 4.78 is 28.2. The molecule has 0 spiro atoms. The van der Waals surface area contributed by atoms with E-state index in [1.54, 1.807) is 16.8 Å². The number of rotatable bonds is 5. The van der Waals surface area contributed by atoms with Gasteiger partial charge in [0.25, 0.3) is 5.91 Å². The molecule has 0 unspecified atom stereocenters. The Bertz CT molecular complexity index is 1270. The fraction of sp³-hybridized carbons (Fsp3) is 0. The Hall–Kier alpha value is -3.01. The largest absolute Gasteiger partial charge is 0.322 e. The molecule has 1 heterocycles. The quantitative estimate of drug-likeness (QED) is 0.376. The third-order valence-corrected chi connectivity index (χ3v) is 5.84. The normalized spacial score (nSPS) is 10.8. The van der Waals surface area contributed by atoms with Crippen LogP contribution in [0.1, 0.15) is 10.4 Å². The summed E-state index contributed by atoms with van der Waals surface area (Å²) in [5.41, 5.74) is 0.943. The monoisotopic (exact) mass is 477 g/mol. The van der Waals surface area contributed by atoms with Crippen LogP contribution in [0.3, 0.4) is 0 Å². The van der Waals surface area contributed by atoms with Crippen molar-refractivity contribution in [2.45, 2.75) is 10.1 Å². The average molecular weight is 478 g/mol. The van der Waals surface area contributed by atoms with Crippen molar-refractivity contribution in [3.8, 4) is 5.69 Å². The molecule has 6 nitrogen and oxygen atoms in total. The molecule has 0 radical (unpaired) electrons. The number of benzene rings is 3. The van der Waals surface area contributed by atoms with Crippen LogP contribution >= 0.6 is 35.0 Å². The highest BCUT2D eigenvalue weighted by molar-refractivity contribution is 7.99. The molecule has 0 aliphatic rings. The molecule has 0 bridgehead atoms. The number of hydrogen-bond donors (Lipinski definition) is 1. The van der Waals surface area contributed by atoms with E-state index in [0.29, 0.717) is 20.8 Å². The summed E-state index contributed by atoms with van der Waals surface area (Å²) in [5, 5.41) is 14.9. The van der Waals surface area contributed by atoms with E-state index in [0.717, 1.165) is 17.8 Å². The minimum Gasteiger partial charge on any atom is -0.322 e. The van der Waals surface area contributed by atoms with Crippen LogP contribution in [0.25, 0.3) is 5.69 Å². The Morgan fingerprint density at radius 3 is 2.45 bits per heavy atom. The Labute approximate surface area is 189 Å². The predicted octanol–water partition coefficient (Wildman–Crippen LogP) is 5.65. The second-order valence-corrected chi connectivity index (χ2v) is 7.98. The minimum absolute atomic E-state index is 0.197. The van der Waals surface area contributed by atoms with E-state index in [-0.39, 0.29) is 10.6 Å². The molecule has 0 fully saturated rings. The predicted molar refractivity (Wildman–Crippen MR) is 114 cm³/mol. The van der Waals surface area contributed by atoms with Crippen LogP contribution in [0.15, 0.2) is 70.7 Å². The maximum Gasteiger partial charge on any atom is 0.257 e. The minimum atomic E-state index is -1.17. The Morgan fingerprint density at radius 2 is 1.71 bits per heavy atom. The van der Waals surface area contributed by atoms with Gasteiger partial charge in [0.05, 0.1) is 21.3 Å². The lowest BCUT2D eigenvalue weighted by molar-refractivity contribution is 0.102. The van der Waals surface area contributed by atoms with E-state index in [9.17, 15) is 13.6 Å². The summed E-state index contributed by atoms with van der Waals surface area (Å²) in [6.07, 6.45) is 0. The lowest BCUT2D eigenvalue weighted by atomic mass is 10.2. The zero-order valence-corrected chi connectivity index (χ0v) is 17.7. The summed E-state index contributed by atoms with van der Waals surface area (Å²) in [6, 6.07) is 15.6. The van der Waals surface area contributed by atoms with Crippen LogP contribution in [0.4, 0.5) is 14.5 Å². The van der Waals surface area contributed by atoms with Crippen molar-refractivity contribution in [3.05, 3.63) is 87.9 Å². The highest BCUT2D eigenvalue weighted by Crippen LogP contribution is 2.34. The maximum atomic E-state index is 13.5. The average Bonchev–Trinajstić information content (AvgIpc) is 3.21. The third-order valence-electron chi connectivity index (χ3n) is 4.09. The van der Waals surface area contributed by atoms with Crippen molar-refractivity contribution in [1.29, 1.82) is 0 Å². The van der Waals surface area contributed by atoms with E-state index < -0.39 is 17.5 Å². The van der Waals surface area contributed by atoms with Gasteiger partial charge in [0.15, 0.2) is 11.6 Å². The second kappa shape index (κ2) is 9.01. The maximum absolute atomic E-state index is 13.5. The lowest BCUT2D eigenvalue weighted by Crippen LogP contribution is -2.13. The first-order chi connectivity index (χ1) is 14.9. The number of carbonyl (C=O) groups is 1. The van der Waals surface area contributed by atoms with E-state index in [1.807, 2.05) is 30.3 Å². The molecule has 0 saturated heterocycles. The van der Waals surface area contributed by atoms with Gasteiger partial charge in [-0.2, -0.15) is 4.68 Å². The lowest BCUT2D eigenvalue weighted by Gasteiger charge is -2.10. The number of hydrogen-bond acceptors (Lipinski definition) is 5. The number of nitrogens with zero attached hydrogens (tertiary/aromatic N) is 4. The van der Waals surface area contributed by atoms with Gasteiger partial charge in [-0.3, -0.25) is 4.79 Å². The number of amides is 1. The van der Waals surface area contributed by atoms with E-state index >= 15 is 0 Å². The molecule has 4 rings (SSSR count). The number of halogens is 4. The number of aromatic nitrogens is 4. The summed E-state index contributed by atoms with van der Waals surface area (Å²) in [6.45, 7) is 0. The van der Waals surface area contributed by atoms with E-state index in [2.05, 4.69) is 20.8 Å². The Kier molecular flexibility index (Phi) is 6.17. The molecule has 31 heavy (non-hydrogen) atoms. The highest BCUT2D eigenvalue weighted by atomic mass is 35.5. The molecule has 156 valence electrons. The molecular formula is C20H11Cl2F2N5OS. The molecule has 3 aromatic carbocycles. The SMILES string of the molecule is O=C(Nc1ccc(Sc2nnnn2-c2ccccc2)c(Cl)c1)c1cc(F)c(F)cc1Cl. The standard InChI is InChI=1S/C20H11Cl2F2N5OS/c21-14-10-17(24)16(23)9-13(14)19(30)25-11-6-7-18(15(22)8-11)31-20-26-27-28-29(20)12-4-2-1-3-5-12/h1-10H,(H,25,30). The van der Waals surface area contributed by atoms with Crippen LogP contribution in [-0.4, -0.2) is 26.1 Å². The second-order valence-electron chi connectivity index (χ2n) is 6.16. The van der Waals surface area contributed by atoms with Crippen LogP contribution in [-0.2, 0) is 0 Å². The van der Waals surface area contributed by atoms with Gasteiger partial charge in [0, 0.05) is 10.6 Å². The van der Waals surface area contributed by atoms with Crippen molar-refractivity contribution in [1.82, 2.24) is 20.2 Å². The molecule has 0 aliphatic carbocycles. The van der Waals surface area contributed by atoms with Gasteiger partial charge in [-0.15, -0.1) is 5.10 Å². The molecule has 4 aromatic rings.